The molecule has 2 aromatic carbocycles. The van der Waals surface area contributed by atoms with E-state index in [4.69, 9.17) is 4.74 Å². The fourth-order valence-electron chi connectivity index (χ4n) is 2.33. The number of anilines is 1. The number of nitrogens with one attached hydrogen (secondary N) is 1. The van der Waals surface area contributed by atoms with E-state index >= 15 is 0 Å². The summed E-state index contributed by atoms with van der Waals surface area (Å²) in [6.45, 7) is 1.22. The summed E-state index contributed by atoms with van der Waals surface area (Å²) >= 11 is 1.26. The Kier molecular flexibility index (Phi) is 7.81. The van der Waals surface area contributed by atoms with Gasteiger partial charge in [0.25, 0.3) is 11.6 Å². The lowest BCUT2D eigenvalue weighted by atomic mass is 10.1. The number of hydrogen-bond acceptors (Lipinski definition) is 6. The molecule has 0 bridgehead atoms. The zero-order valence-electron chi connectivity index (χ0n) is 15.6. The number of hydrogen-bond donors (Lipinski definition) is 1. The van der Waals surface area contributed by atoms with Crippen molar-refractivity contribution in [3.05, 3.63) is 69.8 Å². The van der Waals surface area contributed by atoms with Gasteiger partial charge in [-0.3, -0.25) is 19.7 Å². The normalized spacial score (nSPS) is 12.1. The van der Waals surface area contributed by atoms with Crippen molar-refractivity contribution in [3.8, 4) is 0 Å². The Bertz CT molecular complexity index is 922. The largest absolute Gasteiger partial charge is 0.452 e. The molecule has 0 unspecified atom stereocenters. The zero-order chi connectivity index (χ0) is 22.3. The second kappa shape index (κ2) is 10.1. The summed E-state index contributed by atoms with van der Waals surface area (Å²) in [7, 11) is 0. The maximum atomic E-state index is 13.2. The Morgan fingerprint density at radius 1 is 1.20 bits per heavy atom. The molecule has 2 rings (SSSR count). The molecule has 30 heavy (non-hydrogen) atoms. The molecule has 0 radical (unpaired) electrons. The van der Waals surface area contributed by atoms with Gasteiger partial charge in [0.2, 0.25) is 0 Å². The minimum Gasteiger partial charge on any atom is -0.452 e. The highest BCUT2D eigenvalue weighted by Crippen LogP contribution is 2.37. The van der Waals surface area contributed by atoms with Crippen molar-refractivity contribution in [1.29, 1.82) is 0 Å². The van der Waals surface area contributed by atoms with E-state index in [1.807, 2.05) is 35.6 Å². The molecule has 0 saturated carbocycles. The molecule has 0 aromatic heterocycles. The van der Waals surface area contributed by atoms with E-state index in [0.717, 1.165) is 17.7 Å². The average Bonchev–Trinajstić information content (AvgIpc) is 2.68. The molecule has 0 aliphatic rings. The summed E-state index contributed by atoms with van der Waals surface area (Å²) in [5.74, 6) is -1.18. The molecule has 0 aliphatic heterocycles. The molecule has 1 N–H and O–H groups in total. The van der Waals surface area contributed by atoms with Crippen LogP contribution < -0.4 is 5.32 Å². The summed E-state index contributed by atoms with van der Waals surface area (Å²) in [4.78, 5) is 33.8. The minimum absolute atomic E-state index is 0.0438. The van der Waals surface area contributed by atoms with E-state index in [9.17, 15) is 32.9 Å². The Morgan fingerprint density at radius 2 is 1.87 bits per heavy atom. The summed E-state index contributed by atoms with van der Waals surface area (Å²) in [6.07, 6.45) is -6.28. The average molecular weight is 442 g/mol. The smallest absolute Gasteiger partial charge is 0.418 e. The van der Waals surface area contributed by atoms with Crippen LogP contribution in [0.3, 0.4) is 0 Å². The van der Waals surface area contributed by atoms with Crippen molar-refractivity contribution in [2.75, 3.05) is 11.1 Å². The molecule has 0 spiro atoms. The van der Waals surface area contributed by atoms with E-state index in [0.29, 0.717) is 11.8 Å². The fraction of sp³-hybridized carbons (Fsp3) is 0.263. The highest BCUT2D eigenvalue weighted by molar-refractivity contribution is 7.99. The van der Waals surface area contributed by atoms with Crippen LogP contribution >= 0.6 is 11.8 Å². The lowest BCUT2D eigenvalue weighted by Crippen LogP contribution is -2.31. The van der Waals surface area contributed by atoms with Gasteiger partial charge in [0.15, 0.2) is 6.10 Å². The minimum atomic E-state index is -4.93. The van der Waals surface area contributed by atoms with Gasteiger partial charge in [-0.05, 0) is 18.6 Å². The summed E-state index contributed by atoms with van der Waals surface area (Å²) in [6, 6.07) is 11.3. The van der Waals surface area contributed by atoms with Gasteiger partial charge in [-0.25, -0.2) is 0 Å². The van der Waals surface area contributed by atoms with Gasteiger partial charge in [-0.2, -0.15) is 13.2 Å². The number of carbonyl (C=O) groups is 2. The first-order chi connectivity index (χ1) is 14.1. The molecular weight excluding hydrogens is 425 g/mol. The third-order valence-corrected chi connectivity index (χ3v) is 4.76. The Morgan fingerprint density at radius 3 is 2.47 bits per heavy atom. The molecule has 0 aliphatic carbocycles. The lowest BCUT2D eigenvalue weighted by molar-refractivity contribution is -0.385. The van der Waals surface area contributed by atoms with Crippen molar-refractivity contribution in [1.82, 2.24) is 0 Å². The third-order valence-electron chi connectivity index (χ3n) is 3.79. The molecule has 0 saturated heterocycles. The topological polar surface area (TPSA) is 98.5 Å². The number of halogens is 3. The molecular formula is C19H17F3N2O5S. The predicted molar refractivity (Wildman–Crippen MR) is 105 cm³/mol. The number of nitro benzene ring substituents is 1. The Hall–Kier alpha value is -3.08. The number of ether oxygens (including phenoxy) is 1. The van der Waals surface area contributed by atoms with Gasteiger partial charge in [0.1, 0.15) is 0 Å². The Balaban J connectivity index is 1.95. The monoisotopic (exact) mass is 442 g/mol. The standard InChI is InChI=1S/C19H17F3N2O5S/c1-12(29-17(25)11-30-10-13-5-3-2-4-6-13)18(26)23-16-8-7-14(24(27)28)9-15(16)19(20,21)22/h2-9,12H,10-11H2,1H3,(H,23,26)/t12-/m1/s1. The number of esters is 1. The Labute approximate surface area is 173 Å². The van der Waals surface area contributed by atoms with Gasteiger partial charge in [-0.15, -0.1) is 11.8 Å². The van der Waals surface area contributed by atoms with Crippen LogP contribution in [0.2, 0.25) is 0 Å². The first kappa shape index (κ1) is 23.2. The van der Waals surface area contributed by atoms with E-state index < -0.39 is 46.0 Å². The molecule has 7 nitrogen and oxygen atoms in total. The second-order valence-corrected chi connectivity index (χ2v) is 7.07. The van der Waals surface area contributed by atoms with Crippen LogP contribution in [-0.4, -0.2) is 28.7 Å². The van der Waals surface area contributed by atoms with Crippen LogP contribution in [0.25, 0.3) is 0 Å². The van der Waals surface area contributed by atoms with Crippen LogP contribution in [0.1, 0.15) is 18.1 Å². The quantitative estimate of drug-likeness (QED) is 0.369. The number of thioether (sulfide) groups is 1. The van der Waals surface area contributed by atoms with Gasteiger partial charge < -0.3 is 10.1 Å². The second-order valence-electron chi connectivity index (χ2n) is 6.08. The molecule has 0 fully saturated rings. The molecule has 160 valence electrons. The molecule has 1 atom stereocenters. The molecule has 11 heteroatoms. The van der Waals surface area contributed by atoms with Gasteiger partial charge in [0, 0.05) is 17.9 Å². The number of benzene rings is 2. The van der Waals surface area contributed by atoms with E-state index in [1.165, 1.54) is 18.7 Å². The summed E-state index contributed by atoms with van der Waals surface area (Å²) in [5, 5.41) is 12.7. The van der Waals surface area contributed by atoms with Gasteiger partial charge in [-0.1, -0.05) is 30.3 Å². The highest BCUT2D eigenvalue weighted by Gasteiger charge is 2.36. The highest BCUT2D eigenvalue weighted by atomic mass is 32.2. The number of alkyl halides is 3. The van der Waals surface area contributed by atoms with Crippen LogP contribution in [-0.2, 0) is 26.3 Å². The first-order valence-electron chi connectivity index (χ1n) is 8.55. The van der Waals surface area contributed by atoms with Crippen molar-refractivity contribution >= 4 is 35.0 Å². The van der Waals surface area contributed by atoms with E-state index in [-0.39, 0.29) is 5.75 Å². The summed E-state index contributed by atoms with van der Waals surface area (Å²) in [5.41, 5.74) is -1.81. The van der Waals surface area contributed by atoms with E-state index in [2.05, 4.69) is 0 Å². The summed E-state index contributed by atoms with van der Waals surface area (Å²) < 4.78 is 44.5. The SMILES string of the molecule is C[C@@H](OC(=O)CSCc1ccccc1)C(=O)Nc1ccc([N+](=O)[O-])cc1C(F)(F)F. The van der Waals surface area contributed by atoms with Crippen molar-refractivity contribution in [2.24, 2.45) is 0 Å². The van der Waals surface area contributed by atoms with Crippen LogP contribution in [0.15, 0.2) is 48.5 Å². The number of non-ortho nitro benzene ring substituents is 1. The van der Waals surface area contributed by atoms with Crippen molar-refractivity contribution < 1.29 is 32.4 Å². The predicted octanol–water partition coefficient (Wildman–Crippen LogP) is 4.42. The molecule has 0 heterocycles. The number of nitro groups is 1. The van der Waals surface area contributed by atoms with Crippen LogP contribution in [0.4, 0.5) is 24.5 Å². The van der Waals surface area contributed by atoms with Crippen molar-refractivity contribution in [2.45, 2.75) is 25.0 Å². The number of carbonyl (C=O) groups excluding carboxylic acids is 2. The van der Waals surface area contributed by atoms with Crippen molar-refractivity contribution in [3.63, 3.8) is 0 Å². The van der Waals surface area contributed by atoms with E-state index in [1.54, 1.807) is 0 Å². The molecule has 2 aromatic rings. The van der Waals surface area contributed by atoms with Crippen LogP contribution in [0, 0.1) is 10.1 Å². The first-order valence-corrected chi connectivity index (χ1v) is 9.71. The number of rotatable bonds is 8. The van der Waals surface area contributed by atoms with Crippen LogP contribution in [0.5, 0.6) is 0 Å². The maximum Gasteiger partial charge on any atom is 0.418 e. The fourth-order valence-corrected chi connectivity index (χ4v) is 3.10. The molecule has 1 amide bonds. The maximum absolute atomic E-state index is 13.2. The van der Waals surface area contributed by atoms with Gasteiger partial charge in [0.05, 0.1) is 21.9 Å². The van der Waals surface area contributed by atoms with Gasteiger partial charge >= 0.3 is 12.1 Å². The number of amides is 1. The zero-order valence-corrected chi connectivity index (χ0v) is 16.5. The third kappa shape index (κ3) is 6.76. The lowest BCUT2D eigenvalue weighted by Gasteiger charge is -2.16. The number of nitrogens with zero attached hydrogens (tertiary/aromatic N) is 1.